The number of ether oxygens (including phenoxy) is 1. The first-order valence-corrected chi connectivity index (χ1v) is 6.04. The van der Waals surface area contributed by atoms with Crippen LogP contribution in [0.1, 0.15) is 41.1 Å². The first-order valence-electron chi connectivity index (χ1n) is 6.04. The maximum atomic E-state index is 8.87. The van der Waals surface area contributed by atoms with Crippen LogP contribution in [-0.2, 0) is 0 Å². The average Bonchev–Trinajstić information content (AvgIpc) is 2.30. The fourth-order valence-corrected chi connectivity index (χ4v) is 2.25. The van der Waals surface area contributed by atoms with Crippen LogP contribution in [0.2, 0.25) is 0 Å². The van der Waals surface area contributed by atoms with Gasteiger partial charge in [-0.3, -0.25) is 0 Å². The maximum Gasteiger partial charge on any atom is 0.127 e. The molecule has 0 aliphatic carbocycles. The quantitative estimate of drug-likeness (QED) is 0.826. The Hall–Kier alpha value is -1.06. The molecule has 96 valence electrons. The monoisotopic (exact) mass is 237 g/mol. The minimum Gasteiger partial charge on any atom is -0.496 e. The van der Waals surface area contributed by atoms with Crippen LogP contribution in [0.3, 0.4) is 0 Å². The van der Waals surface area contributed by atoms with Crippen LogP contribution in [0.4, 0.5) is 0 Å². The molecule has 1 rings (SSSR count). The summed E-state index contributed by atoms with van der Waals surface area (Å²) in [6.45, 7) is 6.37. The second kappa shape index (κ2) is 6.03. The maximum absolute atomic E-state index is 8.87. The molecule has 0 aromatic heterocycles. The van der Waals surface area contributed by atoms with Crippen molar-refractivity contribution >= 4 is 0 Å². The molecular formula is C14H23NO2. The van der Waals surface area contributed by atoms with Crippen molar-refractivity contribution in [1.29, 1.82) is 0 Å². The van der Waals surface area contributed by atoms with Crippen LogP contribution < -0.4 is 10.5 Å². The fraction of sp³-hybridized carbons (Fsp3) is 0.571. The Labute approximate surface area is 104 Å². The third-order valence-electron chi connectivity index (χ3n) is 3.28. The molecule has 0 amide bonds. The number of nitrogens with two attached hydrogens (primary N) is 1. The molecule has 0 aliphatic rings. The molecule has 3 N–H and O–H groups in total. The van der Waals surface area contributed by atoms with Gasteiger partial charge in [-0.15, -0.1) is 0 Å². The van der Waals surface area contributed by atoms with E-state index in [1.54, 1.807) is 7.11 Å². The molecule has 0 bridgehead atoms. The largest absolute Gasteiger partial charge is 0.496 e. The summed E-state index contributed by atoms with van der Waals surface area (Å²) in [5, 5.41) is 8.87. The van der Waals surface area contributed by atoms with Crippen molar-refractivity contribution in [3.8, 4) is 5.75 Å². The average molecular weight is 237 g/mol. The van der Waals surface area contributed by atoms with E-state index in [-0.39, 0.29) is 12.6 Å². The van der Waals surface area contributed by atoms with Crippen LogP contribution in [-0.4, -0.2) is 18.8 Å². The smallest absolute Gasteiger partial charge is 0.127 e. The summed E-state index contributed by atoms with van der Waals surface area (Å²) in [5.74, 6) is 0.896. The number of aliphatic hydroxyl groups is 1. The number of hydrogen-bond donors (Lipinski definition) is 2. The van der Waals surface area contributed by atoms with Crippen molar-refractivity contribution in [3.05, 3.63) is 28.3 Å². The van der Waals surface area contributed by atoms with Gasteiger partial charge in [0.25, 0.3) is 0 Å². The normalized spacial score (nSPS) is 12.6. The molecule has 0 radical (unpaired) electrons. The van der Waals surface area contributed by atoms with E-state index in [2.05, 4.69) is 26.8 Å². The Morgan fingerprint density at radius 1 is 1.29 bits per heavy atom. The van der Waals surface area contributed by atoms with Gasteiger partial charge in [-0.05, 0) is 50.3 Å². The highest BCUT2D eigenvalue weighted by Crippen LogP contribution is 2.34. The molecule has 3 nitrogen and oxygen atoms in total. The lowest BCUT2D eigenvalue weighted by Crippen LogP contribution is -2.15. The number of benzene rings is 1. The van der Waals surface area contributed by atoms with Gasteiger partial charge in [-0.1, -0.05) is 6.07 Å². The van der Waals surface area contributed by atoms with Gasteiger partial charge in [-0.2, -0.15) is 0 Å². The second-order valence-electron chi connectivity index (χ2n) is 4.55. The van der Waals surface area contributed by atoms with Gasteiger partial charge >= 0.3 is 0 Å². The second-order valence-corrected chi connectivity index (χ2v) is 4.55. The van der Waals surface area contributed by atoms with Gasteiger partial charge in [0.05, 0.1) is 7.11 Å². The van der Waals surface area contributed by atoms with Crippen molar-refractivity contribution in [2.75, 3.05) is 13.7 Å². The highest BCUT2D eigenvalue weighted by molar-refractivity contribution is 5.51. The van der Waals surface area contributed by atoms with Crippen LogP contribution >= 0.6 is 0 Å². The highest BCUT2D eigenvalue weighted by atomic mass is 16.5. The van der Waals surface area contributed by atoms with E-state index in [0.29, 0.717) is 0 Å². The van der Waals surface area contributed by atoms with Crippen molar-refractivity contribution in [2.45, 2.75) is 39.7 Å². The van der Waals surface area contributed by atoms with Crippen LogP contribution in [0, 0.1) is 20.8 Å². The Bertz CT molecular complexity index is 388. The lowest BCUT2D eigenvalue weighted by Gasteiger charge is -2.21. The van der Waals surface area contributed by atoms with Crippen molar-refractivity contribution in [1.82, 2.24) is 0 Å². The summed E-state index contributed by atoms with van der Waals surface area (Å²) in [6.07, 6.45) is 1.49. The molecule has 0 saturated carbocycles. The summed E-state index contributed by atoms with van der Waals surface area (Å²) >= 11 is 0. The van der Waals surface area contributed by atoms with E-state index < -0.39 is 0 Å². The minimum absolute atomic E-state index is 0.0728. The van der Waals surface area contributed by atoms with Gasteiger partial charge in [-0.25, -0.2) is 0 Å². The van der Waals surface area contributed by atoms with E-state index in [0.717, 1.165) is 35.3 Å². The van der Waals surface area contributed by atoms with Crippen LogP contribution in [0.15, 0.2) is 6.07 Å². The zero-order chi connectivity index (χ0) is 13.0. The summed E-state index contributed by atoms with van der Waals surface area (Å²) in [5.41, 5.74) is 10.8. The fourth-order valence-electron chi connectivity index (χ4n) is 2.25. The van der Waals surface area contributed by atoms with E-state index in [1.807, 2.05) is 0 Å². The molecule has 1 atom stereocenters. The Kier molecular flexibility index (Phi) is 4.97. The van der Waals surface area contributed by atoms with Gasteiger partial charge < -0.3 is 15.6 Å². The topological polar surface area (TPSA) is 55.5 Å². The molecule has 0 heterocycles. The number of aliphatic hydroxyl groups excluding tert-OH is 1. The molecular weight excluding hydrogens is 214 g/mol. The molecule has 1 unspecified atom stereocenters. The lowest BCUT2D eigenvalue weighted by atomic mass is 9.92. The van der Waals surface area contributed by atoms with Crippen molar-refractivity contribution in [3.63, 3.8) is 0 Å². The SMILES string of the molecule is COc1c(C)c(C)cc(C)c1C(N)CCCO. The molecule has 3 heteroatoms. The molecule has 17 heavy (non-hydrogen) atoms. The summed E-state index contributed by atoms with van der Waals surface area (Å²) in [4.78, 5) is 0. The van der Waals surface area contributed by atoms with Crippen molar-refractivity contribution in [2.24, 2.45) is 5.73 Å². The molecule has 1 aromatic carbocycles. The van der Waals surface area contributed by atoms with E-state index >= 15 is 0 Å². The summed E-state index contributed by atoms with van der Waals surface area (Å²) in [6, 6.07) is 2.07. The third-order valence-corrected chi connectivity index (χ3v) is 3.28. The Morgan fingerprint density at radius 3 is 2.47 bits per heavy atom. The summed E-state index contributed by atoms with van der Waals surface area (Å²) < 4.78 is 5.50. The van der Waals surface area contributed by atoms with E-state index in [4.69, 9.17) is 15.6 Å². The van der Waals surface area contributed by atoms with E-state index in [9.17, 15) is 0 Å². The van der Waals surface area contributed by atoms with E-state index in [1.165, 1.54) is 5.56 Å². The molecule has 0 saturated heterocycles. The van der Waals surface area contributed by atoms with Crippen molar-refractivity contribution < 1.29 is 9.84 Å². The van der Waals surface area contributed by atoms with Gasteiger partial charge in [0.2, 0.25) is 0 Å². The lowest BCUT2D eigenvalue weighted by molar-refractivity contribution is 0.279. The Morgan fingerprint density at radius 2 is 1.94 bits per heavy atom. The predicted molar refractivity (Wildman–Crippen MR) is 70.5 cm³/mol. The number of aryl methyl sites for hydroxylation is 2. The number of rotatable bonds is 5. The first kappa shape index (κ1) is 14.0. The predicted octanol–water partition coefficient (Wildman–Crippen LogP) is 2.39. The number of methoxy groups -OCH3 is 1. The minimum atomic E-state index is -0.0728. The highest BCUT2D eigenvalue weighted by Gasteiger charge is 2.17. The molecule has 0 aliphatic heterocycles. The van der Waals surface area contributed by atoms with Crippen LogP contribution in [0.25, 0.3) is 0 Å². The van der Waals surface area contributed by atoms with Gasteiger partial charge in [0.1, 0.15) is 5.75 Å². The first-order chi connectivity index (χ1) is 8.02. The third kappa shape index (κ3) is 2.99. The van der Waals surface area contributed by atoms with Crippen LogP contribution in [0.5, 0.6) is 5.75 Å². The summed E-state index contributed by atoms with van der Waals surface area (Å²) in [7, 11) is 1.68. The Balaban J connectivity index is 3.17. The van der Waals surface area contributed by atoms with Gasteiger partial charge in [0.15, 0.2) is 0 Å². The molecule has 0 fully saturated rings. The van der Waals surface area contributed by atoms with Gasteiger partial charge in [0, 0.05) is 18.2 Å². The number of hydrogen-bond acceptors (Lipinski definition) is 3. The molecule has 1 aromatic rings. The zero-order valence-corrected chi connectivity index (χ0v) is 11.2. The zero-order valence-electron chi connectivity index (χ0n) is 11.2. The standard InChI is InChI=1S/C14H23NO2/c1-9-8-10(2)13(12(15)6-5-7-16)14(17-4)11(9)3/h8,12,16H,5-7,15H2,1-4H3. The molecule has 0 spiro atoms.